The molecule has 0 aliphatic heterocycles. The van der Waals surface area contributed by atoms with Crippen molar-refractivity contribution in [1.82, 2.24) is 4.90 Å². The summed E-state index contributed by atoms with van der Waals surface area (Å²) in [7, 11) is 3.81. The van der Waals surface area contributed by atoms with Crippen molar-refractivity contribution in [1.29, 1.82) is 0 Å². The van der Waals surface area contributed by atoms with Gasteiger partial charge in [-0.2, -0.15) is 0 Å². The Morgan fingerprint density at radius 1 is 1.06 bits per heavy atom. The Kier molecular flexibility index (Phi) is 3.02. The number of Topliss-reactive ketones (excluding diaryl/α,β-unsaturated/α-hetero) is 1. The van der Waals surface area contributed by atoms with Crippen molar-refractivity contribution in [2.75, 3.05) is 20.6 Å². The average molecular weight is 213 g/mol. The van der Waals surface area contributed by atoms with Crippen LogP contribution in [0.25, 0.3) is 10.8 Å². The van der Waals surface area contributed by atoms with E-state index in [1.54, 1.807) is 0 Å². The van der Waals surface area contributed by atoms with Crippen LogP contribution in [0.15, 0.2) is 42.5 Å². The van der Waals surface area contributed by atoms with E-state index < -0.39 is 0 Å². The van der Waals surface area contributed by atoms with Crippen LogP contribution in [0.5, 0.6) is 0 Å². The number of hydrogen-bond donors (Lipinski definition) is 0. The van der Waals surface area contributed by atoms with Gasteiger partial charge >= 0.3 is 0 Å². The molecule has 0 saturated carbocycles. The highest BCUT2D eigenvalue weighted by molar-refractivity contribution is 6.08. The first-order valence-electron chi connectivity index (χ1n) is 5.34. The Morgan fingerprint density at radius 3 is 2.50 bits per heavy atom. The van der Waals surface area contributed by atoms with Gasteiger partial charge in [0.25, 0.3) is 0 Å². The van der Waals surface area contributed by atoms with E-state index in [1.807, 2.05) is 61.5 Å². The number of carbonyl (C=O) groups is 1. The largest absolute Gasteiger partial charge is 0.302 e. The SMILES string of the molecule is CN(C)CC(=O)c1cccc2ccccc12. The molecule has 0 unspecified atom stereocenters. The van der Waals surface area contributed by atoms with Gasteiger partial charge < -0.3 is 4.90 Å². The van der Waals surface area contributed by atoms with Gasteiger partial charge in [0.15, 0.2) is 5.78 Å². The van der Waals surface area contributed by atoms with Gasteiger partial charge in [0.1, 0.15) is 0 Å². The molecule has 2 nitrogen and oxygen atoms in total. The number of ketones is 1. The van der Waals surface area contributed by atoms with Crippen LogP contribution in [-0.4, -0.2) is 31.3 Å². The smallest absolute Gasteiger partial charge is 0.177 e. The van der Waals surface area contributed by atoms with E-state index >= 15 is 0 Å². The van der Waals surface area contributed by atoms with E-state index in [0.29, 0.717) is 6.54 Å². The molecule has 0 atom stereocenters. The molecule has 0 radical (unpaired) electrons. The Labute approximate surface area is 95.5 Å². The monoisotopic (exact) mass is 213 g/mol. The van der Waals surface area contributed by atoms with Gasteiger partial charge in [0, 0.05) is 5.56 Å². The molecule has 0 aliphatic carbocycles. The summed E-state index contributed by atoms with van der Waals surface area (Å²) in [6, 6.07) is 13.8. The van der Waals surface area contributed by atoms with Crippen molar-refractivity contribution >= 4 is 16.6 Å². The summed E-state index contributed by atoms with van der Waals surface area (Å²) < 4.78 is 0. The van der Waals surface area contributed by atoms with Crippen LogP contribution >= 0.6 is 0 Å². The van der Waals surface area contributed by atoms with E-state index in [9.17, 15) is 4.79 Å². The fraction of sp³-hybridized carbons (Fsp3) is 0.214. The zero-order valence-corrected chi connectivity index (χ0v) is 9.60. The van der Waals surface area contributed by atoms with Gasteiger partial charge in [-0.05, 0) is 24.9 Å². The predicted octanol–water partition coefficient (Wildman–Crippen LogP) is 2.58. The third kappa shape index (κ3) is 2.12. The minimum Gasteiger partial charge on any atom is -0.302 e. The molecule has 0 amide bonds. The summed E-state index contributed by atoms with van der Waals surface area (Å²) in [5.74, 6) is 0.168. The minimum atomic E-state index is 0.168. The molecule has 2 heteroatoms. The Hall–Kier alpha value is -1.67. The number of rotatable bonds is 3. The lowest BCUT2D eigenvalue weighted by atomic mass is 10.0. The lowest BCUT2D eigenvalue weighted by molar-refractivity contribution is 0.0959. The first-order valence-corrected chi connectivity index (χ1v) is 5.34. The zero-order chi connectivity index (χ0) is 11.5. The van der Waals surface area contributed by atoms with Crippen molar-refractivity contribution in [2.24, 2.45) is 0 Å². The molecule has 0 bridgehead atoms. The van der Waals surface area contributed by atoms with Gasteiger partial charge in [-0.1, -0.05) is 42.5 Å². The highest BCUT2D eigenvalue weighted by atomic mass is 16.1. The molecule has 0 saturated heterocycles. The van der Waals surface area contributed by atoms with Crippen molar-refractivity contribution in [2.45, 2.75) is 0 Å². The van der Waals surface area contributed by atoms with Crippen molar-refractivity contribution in [3.05, 3.63) is 48.0 Å². The number of nitrogens with zero attached hydrogens (tertiary/aromatic N) is 1. The van der Waals surface area contributed by atoms with Crippen LogP contribution in [-0.2, 0) is 0 Å². The summed E-state index contributed by atoms with van der Waals surface area (Å²) in [4.78, 5) is 13.9. The molecule has 0 fully saturated rings. The van der Waals surface area contributed by atoms with Crippen molar-refractivity contribution in [3.8, 4) is 0 Å². The molecule has 2 rings (SSSR count). The molecular weight excluding hydrogens is 198 g/mol. The topological polar surface area (TPSA) is 20.3 Å². The minimum absolute atomic E-state index is 0.168. The highest BCUT2D eigenvalue weighted by Gasteiger charge is 2.09. The maximum atomic E-state index is 12.0. The summed E-state index contributed by atoms with van der Waals surface area (Å²) in [6.45, 7) is 0.452. The number of likely N-dealkylation sites (N-methyl/N-ethyl adjacent to an activating group) is 1. The molecule has 0 aliphatic rings. The highest BCUT2D eigenvalue weighted by Crippen LogP contribution is 2.18. The van der Waals surface area contributed by atoms with Crippen LogP contribution in [0.2, 0.25) is 0 Å². The summed E-state index contributed by atoms with van der Waals surface area (Å²) in [5.41, 5.74) is 0.812. The van der Waals surface area contributed by atoms with Crippen molar-refractivity contribution < 1.29 is 4.79 Å². The molecular formula is C14H15NO. The maximum absolute atomic E-state index is 12.0. The van der Waals surface area contributed by atoms with Gasteiger partial charge in [0.05, 0.1) is 6.54 Å². The second-order valence-electron chi connectivity index (χ2n) is 4.19. The van der Waals surface area contributed by atoms with Gasteiger partial charge in [-0.25, -0.2) is 0 Å². The molecule has 2 aromatic rings. The normalized spacial score (nSPS) is 10.9. The number of carbonyl (C=O) groups excluding carboxylic acids is 1. The molecule has 0 spiro atoms. The Bertz CT molecular complexity index is 512. The number of hydrogen-bond acceptors (Lipinski definition) is 2. The molecule has 2 aromatic carbocycles. The van der Waals surface area contributed by atoms with Gasteiger partial charge in [0.2, 0.25) is 0 Å². The van der Waals surface area contributed by atoms with E-state index in [0.717, 1.165) is 16.3 Å². The Morgan fingerprint density at radius 2 is 1.75 bits per heavy atom. The Balaban J connectivity index is 2.48. The number of benzene rings is 2. The molecule has 82 valence electrons. The van der Waals surface area contributed by atoms with Crippen LogP contribution in [0.4, 0.5) is 0 Å². The quantitative estimate of drug-likeness (QED) is 0.730. The van der Waals surface area contributed by atoms with Crippen LogP contribution < -0.4 is 0 Å². The summed E-state index contributed by atoms with van der Waals surface area (Å²) in [5, 5.41) is 2.16. The lowest BCUT2D eigenvalue weighted by Crippen LogP contribution is -2.21. The van der Waals surface area contributed by atoms with E-state index in [4.69, 9.17) is 0 Å². The zero-order valence-electron chi connectivity index (χ0n) is 9.60. The van der Waals surface area contributed by atoms with E-state index in [1.165, 1.54) is 0 Å². The third-order valence-electron chi connectivity index (χ3n) is 2.55. The van der Waals surface area contributed by atoms with Gasteiger partial charge in [-0.15, -0.1) is 0 Å². The fourth-order valence-corrected chi connectivity index (χ4v) is 1.84. The summed E-state index contributed by atoms with van der Waals surface area (Å²) in [6.07, 6.45) is 0. The molecule has 0 N–H and O–H groups in total. The van der Waals surface area contributed by atoms with Crippen molar-refractivity contribution in [3.63, 3.8) is 0 Å². The molecule has 0 aromatic heterocycles. The lowest BCUT2D eigenvalue weighted by Gasteiger charge is -2.10. The van der Waals surface area contributed by atoms with Crippen LogP contribution in [0.3, 0.4) is 0 Å². The summed E-state index contributed by atoms with van der Waals surface area (Å²) >= 11 is 0. The molecule has 0 heterocycles. The first kappa shape index (κ1) is 10.8. The third-order valence-corrected chi connectivity index (χ3v) is 2.55. The fourth-order valence-electron chi connectivity index (χ4n) is 1.84. The van der Waals surface area contributed by atoms with Gasteiger partial charge in [-0.3, -0.25) is 4.79 Å². The first-order chi connectivity index (χ1) is 7.68. The predicted molar refractivity (Wildman–Crippen MR) is 66.8 cm³/mol. The van der Waals surface area contributed by atoms with E-state index in [2.05, 4.69) is 0 Å². The second-order valence-corrected chi connectivity index (χ2v) is 4.19. The standard InChI is InChI=1S/C14H15NO/c1-15(2)10-14(16)13-9-5-7-11-6-3-4-8-12(11)13/h3-9H,10H2,1-2H3. The second kappa shape index (κ2) is 4.45. The number of fused-ring (bicyclic) bond motifs is 1. The van der Waals surface area contributed by atoms with Crippen LogP contribution in [0.1, 0.15) is 10.4 Å². The van der Waals surface area contributed by atoms with Crippen LogP contribution in [0, 0.1) is 0 Å². The van der Waals surface area contributed by atoms with E-state index in [-0.39, 0.29) is 5.78 Å². The molecule has 16 heavy (non-hydrogen) atoms. The average Bonchev–Trinajstić information content (AvgIpc) is 2.27. The maximum Gasteiger partial charge on any atom is 0.177 e.